The first-order valence-corrected chi connectivity index (χ1v) is 10.1. The van der Waals surface area contributed by atoms with Crippen molar-refractivity contribution in [3.8, 4) is 5.75 Å². The number of halogens is 1. The standard InChI is InChI=1S/C19H25N3O4S.ClH/c1-14-6-7-16(21-19(23)5-4-12-20-2)13-18(14)27(24,25)22-15-8-10-17(26-3)11-9-15;/h6-11,13,20,22H,4-5,12H2,1-3H3,(H,21,23);1H. The van der Waals surface area contributed by atoms with Gasteiger partial charge in [0.15, 0.2) is 0 Å². The zero-order valence-electron chi connectivity index (χ0n) is 16.1. The van der Waals surface area contributed by atoms with Crippen LogP contribution in [0.4, 0.5) is 11.4 Å². The lowest BCUT2D eigenvalue weighted by molar-refractivity contribution is -0.116. The van der Waals surface area contributed by atoms with Gasteiger partial charge in [-0.1, -0.05) is 6.07 Å². The van der Waals surface area contributed by atoms with Crippen molar-refractivity contribution in [3.63, 3.8) is 0 Å². The number of benzene rings is 2. The Bertz CT molecular complexity index is 887. The van der Waals surface area contributed by atoms with E-state index in [2.05, 4.69) is 15.4 Å². The number of aryl methyl sites for hydroxylation is 1. The number of rotatable bonds is 9. The molecule has 0 unspecified atom stereocenters. The number of ether oxygens (including phenoxy) is 1. The maximum Gasteiger partial charge on any atom is 0.262 e. The fraction of sp³-hybridized carbons (Fsp3) is 0.316. The number of sulfonamides is 1. The van der Waals surface area contributed by atoms with Crippen molar-refractivity contribution < 1.29 is 17.9 Å². The van der Waals surface area contributed by atoms with Gasteiger partial charge in [0.1, 0.15) is 5.75 Å². The number of amides is 1. The highest BCUT2D eigenvalue weighted by atomic mass is 35.5. The smallest absolute Gasteiger partial charge is 0.262 e. The molecule has 0 aromatic heterocycles. The lowest BCUT2D eigenvalue weighted by Gasteiger charge is -2.13. The summed E-state index contributed by atoms with van der Waals surface area (Å²) in [6.45, 7) is 2.45. The van der Waals surface area contributed by atoms with Gasteiger partial charge in [-0.2, -0.15) is 0 Å². The van der Waals surface area contributed by atoms with Crippen LogP contribution in [0.5, 0.6) is 5.75 Å². The first-order valence-electron chi connectivity index (χ1n) is 8.57. The molecule has 0 radical (unpaired) electrons. The average molecular weight is 428 g/mol. The summed E-state index contributed by atoms with van der Waals surface area (Å²) >= 11 is 0. The quantitative estimate of drug-likeness (QED) is 0.534. The van der Waals surface area contributed by atoms with Crippen molar-refractivity contribution in [3.05, 3.63) is 48.0 Å². The lowest BCUT2D eigenvalue weighted by atomic mass is 10.2. The van der Waals surface area contributed by atoms with Gasteiger partial charge in [0.25, 0.3) is 10.0 Å². The Balaban J connectivity index is 0.00000392. The van der Waals surface area contributed by atoms with Crippen molar-refractivity contribution in [2.75, 3.05) is 30.7 Å². The fourth-order valence-electron chi connectivity index (χ4n) is 2.49. The number of hydrogen-bond acceptors (Lipinski definition) is 5. The maximum atomic E-state index is 12.8. The van der Waals surface area contributed by atoms with Gasteiger partial charge in [0.05, 0.1) is 12.0 Å². The largest absolute Gasteiger partial charge is 0.497 e. The van der Waals surface area contributed by atoms with E-state index in [0.717, 1.165) is 6.54 Å². The van der Waals surface area contributed by atoms with E-state index >= 15 is 0 Å². The summed E-state index contributed by atoms with van der Waals surface area (Å²) in [5.74, 6) is 0.484. The minimum atomic E-state index is -3.79. The molecule has 0 bridgehead atoms. The molecule has 3 N–H and O–H groups in total. The maximum absolute atomic E-state index is 12.8. The van der Waals surface area contributed by atoms with E-state index in [1.807, 2.05) is 7.05 Å². The normalized spacial score (nSPS) is 10.7. The molecule has 0 fully saturated rings. The van der Waals surface area contributed by atoms with E-state index in [-0.39, 0.29) is 23.2 Å². The molecule has 2 aromatic rings. The van der Waals surface area contributed by atoms with E-state index in [1.165, 1.54) is 6.07 Å². The number of nitrogens with one attached hydrogen (secondary N) is 3. The number of carbonyl (C=O) groups is 1. The van der Waals surface area contributed by atoms with Crippen LogP contribution in [0.15, 0.2) is 47.4 Å². The summed E-state index contributed by atoms with van der Waals surface area (Å²) < 4.78 is 33.1. The third kappa shape index (κ3) is 6.70. The second-order valence-corrected chi connectivity index (χ2v) is 7.72. The lowest BCUT2D eigenvalue weighted by Crippen LogP contribution is -2.17. The molecule has 7 nitrogen and oxygen atoms in total. The summed E-state index contributed by atoms with van der Waals surface area (Å²) in [6.07, 6.45) is 1.07. The first-order chi connectivity index (χ1) is 12.9. The van der Waals surface area contributed by atoms with Crippen LogP contribution in [0.1, 0.15) is 18.4 Å². The van der Waals surface area contributed by atoms with Crippen LogP contribution in [-0.2, 0) is 14.8 Å². The van der Waals surface area contributed by atoms with Gasteiger partial charge in [-0.25, -0.2) is 8.42 Å². The molecule has 0 saturated carbocycles. The highest BCUT2D eigenvalue weighted by Gasteiger charge is 2.18. The predicted molar refractivity (Wildman–Crippen MR) is 114 cm³/mol. The van der Waals surface area contributed by atoms with Crippen LogP contribution in [-0.4, -0.2) is 35.0 Å². The molecule has 28 heavy (non-hydrogen) atoms. The predicted octanol–water partition coefficient (Wildman–Crippen LogP) is 3.16. The van der Waals surface area contributed by atoms with E-state index in [1.54, 1.807) is 50.4 Å². The average Bonchev–Trinajstić information content (AvgIpc) is 2.64. The van der Waals surface area contributed by atoms with E-state index < -0.39 is 10.0 Å². The molecule has 0 atom stereocenters. The zero-order chi connectivity index (χ0) is 19.9. The topological polar surface area (TPSA) is 96.5 Å². The monoisotopic (exact) mass is 427 g/mol. The molecule has 9 heteroatoms. The molecule has 1 amide bonds. The highest BCUT2D eigenvalue weighted by molar-refractivity contribution is 7.92. The van der Waals surface area contributed by atoms with Gasteiger partial charge in [-0.3, -0.25) is 9.52 Å². The molecule has 154 valence electrons. The molecular formula is C19H26ClN3O4S. The van der Waals surface area contributed by atoms with Crippen LogP contribution in [0, 0.1) is 6.92 Å². The van der Waals surface area contributed by atoms with Crippen LogP contribution in [0.3, 0.4) is 0 Å². The Kier molecular flexibility index (Phi) is 9.24. The number of anilines is 2. The first kappa shape index (κ1) is 23.7. The number of carbonyl (C=O) groups excluding carboxylic acids is 1. The summed E-state index contributed by atoms with van der Waals surface area (Å²) in [4.78, 5) is 12.1. The van der Waals surface area contributed by atoms with Crippen LogP contribution in [0.2, 0.25) is 0 Å². The molecule has 0 spiro atoms. The Morgan fingerprint density at radius 1 is 1.07 bits per heavy atom. The van der Waals surface area contributed by atoms with Crippen molar-refractivity contribution >= 4 is 39.7 Å². The van der Waals surface area contributed by atoms with Crippen LogP contribution < -0.4 is 20.1 Å². The summed E-state index contributed by atoms with van der Waals surface area (Å²) in [7, 11) is -0.428. The summed E-state index contributed by atoms with van der Waals surface area (Å²) in [6, 6.07) is 11.4. The second kappa shape index (κ2) is 10.9. The number of methoxy groups -OCH3 is 1. The van der Waals surface area contributed by atoms with Crippen molar-refractivity contribution in [1.29, 1.82) is 0 Å². The molecular weight excluding hydrogens is 402 g/mol. The Morgan fingerprint density at radius 2 is 1.71 bits per heavy atom. The van der Waals surface area contributed by atoms with Crippen LogP contribution in [0.25, 0.3) is 0 Å². The molecule has 0 aliphatic rings. The van der Waals surface area contributed by atoms with Crippen LogP contribution >= 0.6 is 12.4 Å². The van der Waals surface area contributed by atoms with Crippen molar-refractivity contribution in [2.45, 2.75) is 24.7 Å². The minimum absolute atomic E-state index is 0. The summed E-state index contributed by atoms with van der Waals surface area (Å²) in [5, 5.41) is 5.72. The second-order valence-electron chi connectivity index (χ2n) is 6.07. The third-order valence-corrected chi connectivity index (χ3v) is 5.46. The van der Waals surface area contributed by atoms with Gasteiger partial charge < -0.3 is 15.4 Å². The van der Waals surface area contributed by atoms with E-state index in [4.69, 9.17) is 4.74 Å². The highest BCUT2D eigenvalue weighted by Crippen LogP contribution is 2.24. The van der Waals surface area contributed by atoms with Gasteiger partial charge in [-0.15, -0.1) is 12.4 Å². The van der Waals surface area contributed by atoms with Gasteiger partial charge in [-0.05, 0) is 68.9 Å². The number of hydrogen-bond donors (Lipinski definition) is 3. The minimum Gasteiger partial charge on any atom is -0.497 e. The molecule has 0 saturated heterocycles. The Labute approximate surface area is 172 Å². The SMILES string of the molecule is CNCCCC(=O)Nc1ccc(C)c(S(=O)(=O)Nc2ccc(OC)cc2)c1.Cl. The van der Waals surface area contributed by atoms with Gasteiger partial charge in [0.2, 0.25) is 5.91 Å². The Hall–Kier alpha value is -2.29. The van der Waals surface area contributed by atoms with Gasteiger partial charge in [0, 0.05) is 17.8 Å². The third-order valence-electron chi connectivity index (χ3n) is 3.93. The van der Waals surface area contributed by atoms with E-state index in [9.17, 15) is 13.2 Å². The molecule has 2 rings (SSSR count). The molecule has 0 aliphatic heterocycles. The fourth-order valence-corrected chi connectivity index (χ4v) is 3.82. The molecule has 0 heterocycles. The Morgan fingerprint density at radius 3 is 2.32 bits per heavy atom. The summed E-state index contributed by atoms with van der Waals surface area (Å²) in [5.41, 5.74) is 1.46. The molecule has 2 aromatic carbocycles. The van der Waals surface area contributed by atoms with Crippen molar-refractivity contribution in [2.24, 2.45) is 0 Å². The zero-order valence-corrected chi connectivity index (χ0v) is 17.7. The van der Waals surface area contributed by atoms with Gasteiger partial charge >= 0.3 is 0 Å². The van der Waals surface area contributed by atoms with Crippen molar-refractivity contribution in [1.82, 2.24) is 5.32 Å². The van der Waals surface area contributed by atoms with E-state index in [0.29, 0.717) is 35.5 Å². The molecule has 0 aliphatic carbocycles.